The van der Waals surface area contributed by atoms with E-state index < -0.39 is 18.3 Å². The smallest absolute Gasteiger partial charge is 0.392 e. The minimum atomic E-state index is -4.48. The van der Waals surface area contributed by atoms with Crippen LogP contribution in [0.4, 0.5) is 18.9 Å². The maximum absolute atomic E-state index is 13.0. The highest BCUT2D eigenvalue weighted by molar-refractivity contribution is 5.51. The molecule has 21 heavy (non-hydrogen) atoms. The Bertz CT molecular complexity index is 600. The normalized spacial score (nSPS) is 11.5. The van der Waals surface area contributed by atoms with Crippen LogP contribution in [-0.4, -0.2) is 17.1 Å². The molecular weight excluding hydrogens is 281 g/mol. The first-order valence-electron chi connectivity index (χ1n) is 6.33. The number of pyridine rings is 1. The zero-order chi connectivity index (χ0) is 15.5. The lowest BCUT2D eigenvalue weighted by Crippen LogP contribution is -2.18. The molecule has 0 amide bonds. The Labute approximate surface area is 120 Å². The number of aliphatic hydroxyl groups excluding tert-OH is 1. The molecular formula is C15H15F3N2O. The summed E-state index contributed by atoms with van der Waals surface area (Å²) in [6.45, 7) is -0.165. The molecule has 3 nitrogen and oxygen atoms in total. The van der Waals surface area contributed by atoms with E-state index in [1.807, 2.05) is 12.1 Å². The van der Waals surface area contributed by atoms with Crippen LogP contribution in [0.25, 0.3) is 0 Å². The van der Waals surface area contributed by atoms with Crippen molar-refractivity contribution < 1.29 is 18.3 Å². The van der Waals surface area contributed by atoms with E-state index in [1.54, 1.807) is 30.4 Å². The van der Waals surface area contributed by atoms with Crippen LogP contribution >= 0.6 is 0 Å². The van der Waals surface area contributed by atoms with Crippen molar-refractivity contribution in [2.45, 2.75) is 19.3 Å². The summed E-state index contributed by atoms with van der Waals surface area (Å²) >= 11 is 0. The molecule has 0 saturated heterocycles. The number of hydrogen-bond acceptors (Lipinski definition) is 3. The lowest BCUT2D eigenvalue weighted by Gasteiger charge is -2.22. The molecule has 0 spiro atoms. The Morgan fingerprint density at radius 3 is 2.38 bits per heavy atom. The number of nitrogens with zero attached hydrogens (tertiary/aromatic N) is 2. The van der Waals surface area contributed by atoms with Gasteiger partial charge in [-0.15, -0.1) is 0 Å². The molecule has 2 rings (SSSR count). The van der Waals surface area contributed by atoms with Gasteiger partial charge < -0.3 is 10.0 Å². The minimum absolute atomic E-state index is 0.122. The van der Waals surface area contributed by atoms with Gasteiger partial charge in [0, 0.05) is 31.7 Å². The third-order valence-electron chi connectivity index (χ3n) is 3.18. The summed E-state index contributed by atoms with van der Waals surface area (Å²) in [5.41, 5.74) is 0.469. The van der Waals surface area contributed by atoms with Crippen LogP contribution < -0.4 is 4.90 Å². The number of aromatic nitrogens is 1. The van der Waals surface area contributed by atoms with Gasteiger partial charge in [0.1, 0.15) is 0 Å². The summed E-state index contributed by atoms with van der Waals surface area (Å²) in [5.74, 6) is 0. The van der Waals surface area contributed by atoms with E-state index in [4.69, 9.17) is 5.11 Å². The summed E-state index contributed by atoms with van der Waals surface area (Å²) in [6.07, 6.45) is -1.20. The summed E-state index contributed by atoms with van der Waals surface area (Å²) in [7, 11) is 1.72. The fraction of sp³-hybridized carbons (Fsp3) is 0.267. The van der Waals surface area contributed by atoms with Gasteiger partial charge in [-0.3, -0.25) is 4.98 Å². The molecule has 0 unspecified atom stereocenters. The fourth-order valence-corrected chi connectivity index (χ4v) is 2.06. The average Bonchev–Trinajstić information content (AvgIpc) is 2.46. The van der Waals surface area contributed by atoms with Gasteiger partial charge in [0.15, 0.2) is 0 Å². The predicted molar refractivity (Wildman–Crippen MR) is 73.7 cm³/mol. The van der Waals surface area contributed by atoms with Crippen LogP contribution in [0, 0.1) is 0 Å². The fourth-order valence-electron chi connectivity index (χ4n) is 2.06. The largest absolute Gasteiger partial charge is 0.416 e. The Hall–Kier alpha value is -2.08. The number of aliphatic hydroxyl groups is 1. The second-order valence-electron chi connectivity index (χ2n) is 4.71. The van der Waals surface area contributed by atoms with Crippen molar-refractivity contribution in [3.63, 3.8) is 0 Å². The van der Waals surface area contributed by atoms with Gasteiger partial charge >= 0.3 is 6.18 Å². The summed E-state index contributed by atoms with van der Waals surface area (Å²) < 4.78 is 38.9. The van der Waals surface area contributed by atoms with Crippen LogP contribution in [-0.2, 0) is 19.3 Å². The van der Waals surface area contributed by atoms with Crippen molar-refractivity contribution in [1.29, 1.82) is 0 Å². The van der Waals surface area contributed by atoms with E-state index in [-0.39, 0.29) is 5.56 Å². The number of benzene rings is 1. The van der Waals surface area contributed by atoms with E-state index in [0.717, 1.165) is 11.6 Å². The monoisotopic (exact) mass is 296 g/mol. The van der Waals surface area contributed by atoms with Crippen molar-refractivity contribution in [3.05, 3.63) is 59.4 Å². The van der Waals surface area contributed by atoms with E-state index in [9.17, 15) is 13.2 Å². The Morgan fingerprint density at radius 1 is 1.14 bits per heavy atom. The maximum Gasteiger partial charge on any atom is 0.416 e. The summed E-state index contributed by atoms with van der Waals surface area (Å²) in [6, 6.07) is 7.56. The molecule has 0 saturated carbocycles. The Balaban J connectivity index is 2.28. The zero-order valence-corrected chi connectivity index (χ0v) is 11.4. The molecule has 1 heterocycles. The number of hydrogen-bond donors (Lipinski definition) is 1. The van der Waals surface area contributed by atoms with Gasteiger partial charge in [-0.05, 0) is 35.4 Å². The first-order chi connectivity index (χ1) is 9.91. The van der Waals surface area contributed by atoms with Gasteiger partial charge in [-0.2, -0.15) is 13.2 Å². The van der Waals surface area contributed by atoms with Crippen LogP contribution in [0.3, 0.4) is 0 Å². The topological polar surface area (TPSA) is 36.4 Å². The molecule has 0 atom stereocenters. The number of anilines is 1. The van der Waals surface area contributed by atoms with E-state index >= 15 is 0 Å². The number of halogens is 3. The molecule has 0 fully saturated rings. The van der Waals surface area contributed by atoms with E-state index in [2.05, 4.69) is 4.98 Å². The van der Waals surface area contributed by atoms with Crippen molar-refractivity contribution in [1.82, 2.24) is 4.98 Å². The molecule has 1 N–H and O–H groups in total. The first-order valence-corrected chi connectivity index (χ1v) is 6.33. The van der Waals surface area contributed by atoms with E-state index in [0.29, 0.717) is 12.2 Å². The highest BCUT2D eigenvalue weighted by Crippen LogP contribution is 2.34. The second kappa shape index (κ2) is 6.13. The predicted octanol–water partition coefficient (Wildman–Crippen LogP) is 3.23. The highest BCUT2D eigenvalue weighted by atomic mass is 19.4. The summed E-state index contributed by atoms with van der Waals surface area (Å²) in [4.78, 5) is 5.61. The lowest BCUT2D eigenvalue weighted by molar-refractivity contribution is -0.138. The van der Waals surface area contributed by atoms with Crippen LogP contribution in [0.2, 0.25) is 0 Å². The molecule has 6 heteroatoms. The lowest BCUT2D eigenvalue weighted by atomic mass is 10.1. The second-order valence-corrected chi connectivity index (χ2v) is 4.71. The SMILES string of the molecule is CN(Cc1ccncc1)c1ccc(CO)c(C(F)(F)F)c1. The van der Waals surface area contributed by atoms with E-state index in [1.165, 1.54) is 6.07 Å². The van der Waals surface area contributed by atoms with Gasteiger partial charge in [-0.1, -0.05) is 6.07 Å². The number of alkyl halides is 3. The molecule has 1 aromatic heterocycles. The summed E-state index contributed by atoms with van der Waals surface area (Å²) in [5, 5.41) is 9.03. The molecule has 0 aliphatic carbocycles. The maximum atomic E-state index is 13.0. The Kier molecular flexibility index (Phi) is 4.47. The van der Waals surface area contributed by atoms with Crippen molar-refractivity contribution in [3.8, 4) is 0 Å². The van der Waals surface area contributed by atoms with Crippen molar-refractivity contribution >= 4 is 5.69 Å². The molecule has 0 radical (unpaired) electrons. The molecule has 112 valence electrons. The minimum Gasteiger partial charge on any atom is -0.392 e. The first kappa shape index (κ1) is 15.3. The number of rotatable bonds is 4. The third-order valence-corrected chi connectivity index (χ3v) is 3.18. The Morgan fingerprint density at radius 2 is 1.81 bits per heavy atom. The third kappa shape index (κ3) is 3.72. The molecule has 0 bridgehead atoms. The average molecular weight is 296 g/mol. The van der Waals surface area contributed by atoms with Gasteiger partial charge in [0.2, 0.25) is 0 Å². The van der Waals surface area contributed by atoms with Crippen molar-refractivity contribution in [2.75, 3.05) is 11.9 Å². The standard InChI is InChI=1S/C15H15F3N2O/c1-20(9-11-4-6-19-7-5-11)13-3-2-12(10-21)14(8-13)15(16,17)18/h2-8,21H,9-10H2,1H3. The molecule has 1 aromatic carbocycles. The van der Waals surface area contributed by atoms with Gasteiger partial charge in [-0.25, -0.2) is 0 Å². The van der Waals surface area contributed by atoms with Crippen LogP contribution in [0.5, 0.6) is 0 Å². The quantitative estimate of drug-likeness (QED) is 0.941. The molecule has 0 aliphatic rings. The zero-order valence-electron chi connectivity index (χ0n) is 11.4. The highest BCUT2D eigenvalue weighted by Gasteiger charge is 2.33. The molecule has 2 aromatic rings. The van der Waals surface area contributed by atoms with Crippen LogP contribution in [0.1, 0.15) is 16.7 Å². The van der Waals surface area contributed by atoms with Gasteiger partial charge in [0.25, 0.3) is 0 Å². The van der Waals surface area contributed by atoms with Crippen molar-refractivity contribution in [2.24, 2.45) is 0 Å². The van der Waals surface area contributed by atoms with Crippen LogP contribution in [0.15, 0.2) is 42.7 Å². The molecule has 0 aliphatic heterocycles. The van der Waals surface area contributed by atoms with Gasteiger partial charge in [0.05, 0.1) is 12.2 Å².